The maximum atomic E-state index is 12.9. The molecule has 1 atom stereocenters. The van der Waals surface area contributed by atoms with Crippen molar-refractivity contribution in [1.29, 1.82) is 0 Å². The van der Waals surface area contributed by atoms with Gasteiger partial charge in [-0.3, -0.25) is 14.7 Å². The molecule has 0 aliphatic heterocycles. The molecule has 0 bridgehead atoms. The Balaban J connectivity index is 2.28. The summed E-state index contributed by atoms with van der Waals surface area (Å²) in [6.45, 7) is 3.51. The van der Waals surface area contributed by atoms with E-state index in [1.807, 2.05) is 0 Å². The van der Waals surface area contributed by atoms with E-state index >= 15 is 0 Å². The molecule has 1 aromatic carbocycles. The number of aromatic hydroxyl groups is 1. The second-order valence-electron chi connectivity index (χ2n) is 6.17. The van der Waals surface area contributed by atoms with E-state index < -0.39 is 23.1 Å². The number of aliphatic hydroxyl groups is 1. The number of nitrogens with two attached hydrogens (primary N) is 1. The number of hydrogen-bond donors (Lipinski definition) is 4. The van der Waals surface area contributed by atoms with Crippen LogP contribution in [-0.2, 0) is 19.1 Å². The number of halogens is 1. The van der Waals surface area contributed by atoms with Crippen molar-refractivity contribution in [2.24, 2.45) is 12.8 Å². The van der Waals surface area contributed by atoms with Gasteiger partial charge in [0.1, 0.15) is 17.3 Å². The van der Waals surface area contributed by atoms with E-state index in [4.69, 9.17) is 5.73 Å². The Morgan fingerprint density at radius 1 is 1.38 bits per heavy atom. The molecule has 0 saturated heterocycles. The Morgan fingerprint density at radius 3 is 2.50 bits per heavy atom. The normalized spacial score (nSPS) is 13.1. The average molecular weight is 336 g/mol. The molecule has 8 heteroatoms. The number of benzene rings is 1. The van der Waals surface area contributed by atoms with Crippen LogP contribution in [0, 0.1) is 5.82 Å². The van der Waals surface area contributed by atoms with Gasteiger partial charge >= 0.3 is 0 Å². The van der Waals surface area contributed by atoms with Crippen LogP contribution in [0.25, 0.3) is 0 Å². The molecule has 1 aromatic heterocycles. The number of aromatic nitrogens is 2. The topological polar surface area (TPSA) is 113 Å². The summed E-state index contributed by atoms with van der Waals surface area (Å²) in [7, 11) is 1.45. The van der Waals surface area contributed by atoms with E-state index in [2.05, 4.69) is 10.3 Å². The lowest BCUT2D eigenvalue weighted by molar-refractivity contribution is 0.127. The van der Waals surface area contributed by atoms with Gasteiger partial charge in [-0.1, -0.05) is 12.1 Å². The fourth-order valence-corrected chi connectivity index (χ4v) is 2.29. The van der Waals surface area contributed by atoms with Crippen LogP contribution in [0.3, 0.4) is 0 Å². The Bertz CT molecular complexity index is 782. The van der Waals surface area contributed by atoms with E-state index in [-0.39, 0.29) is 23.9 Å². The summed E-state index contributed by atoms with van der Waals surface area (Å²) < 4.78 is 14.0. The van der Waals surface area contributed by atoms with Crippen molar-refractivity contribution in [3.63, 3.8) is 0 Å². The van der Waals surface area contributed by atoms with Crippen molar-refractivity contribution < 1.29 is 14.6 Å². The zero-order valence-corrected chi connectivity index (χ0v) is 13.7. The van der Waals surface area contributed by atoms with Crippen LogP contribution in [0.2, 0.25) is 0 Å². The molecule has 7 nitrogen and oxygen atoms in total. The summed E-state index contributed by atoms with van der Waals surface area (Å²) in [5.41, 5.74) is 4.87. The summed E-state index contributed by atoms with van der Waals surface area (Å²) in [6, 6.07) is 5.71. The summed E-state index contributed by atoms with van der Waals surface area (Å²) in [4.78, 5) is 16.3. The standard InChI is InChI=1S/C16H21FN4O3/c1-16(2,18)15-20-11(12(22)14(24)21(15)3)13(23)19-8-9-4-6-10(17)7-5-9/h4-7,13,19,22-23H,8,18H2,1-3H3. The van der Waals surface area contributed by atoms with Crippen LogP contribution in [0.15, 0.2) is 29.1 Å². The Kier molecular flexibility index (Phi) is 5.02. The van der Waals surface area contributed by atoms with Gasteiger partial charge in [-0.2, -0.15) is 0 Å². The lowest BCUT2D eigenvalue weighted by atomic mass is 10.1. The predicted molar refractivity (Wildman–Crippen MR) is 86.6 cm³/mol. The van der Waals surface area contributed by atoms with Gasteiger partial charge in [0.25, 0.3) is 5.56 Å². The molecule has 1 unspecified atom stereocenters. The van der Waals surface area contributed by atoms with Crippen molar-refractivity contribution in [2.45, 2.75) is 32.2 Å². The molecule has 0 aliphatic rings. The molecule has 2 aromatic rings. The lowest BCUT2D eigenvalue weighted by Gasteiger charge is -2.23. The highest BCUT2D eigenvalue weighted by molar-refractivity contribution is 5.27. The van der Waals surface area contributed by atoms with Gasteiger partial charge in [0, 0.05) is 13.6 Å². The van der Waals surface area contributed by atoms with Gasteiger partial charge in [-0.25, -0.2) is 9.37 Å². The molecule has 1 heterocycles. The van der Waals surface area contributed by atoms with Crippen molar-refractivity contribution >= 4 is 0 Å². The smallest absolute Gasteiger partial charge is 0.295 e. The molecule has 0 fully saturated rings. The molecule has 130 valence electrons. The fourth-order valence-electron chi connectivity index (χ4n) is 2.29. The third-order valence-electron chi connectivity index (χ3n) is 3.54. The molecule has 24 heavy (non-hydrogen) atoms. The van der Waals surface area contributed by atoms with Crippen molar-refractivity contribution in [1.82, 2.24) is 14.9 Å². The monoisotopic (exact) mass is 336 g/mol. The Morgan fingerprint density at radius 2 is 1.96 bits per heavy atom. The highest BCUT2D eigenvalue weighted by Crippen LogP contribution is 2.21. The van der Waals surface area contributed by atoms with Crippen LogP contribution < -0.4 is 16.6 Å². The number of nitrogens with zero attached hydrogens (tertiary/aromatic N) is 2. The summed E-state index contributed by atoms with van der Waals surface area (Å²) in [5, 5.41) is 22.9. The van der Waals surface area contributed by atoms with Crippen molar-refractivity contribution in [3.8, 4) is 5.75 Å². The van der Waals surface area contributed by atoms with Crippen LogP contribution in [0.4, 0.5) is 4.39 Å². The van der Waals surface area contributed by atoms with Crippen LogP contribution >= 0.6 is 0 Å². The van der Waals surface area contributed by atoms with Gasteiger partial charge in [0.2, 0.25) is 5.75 Å². The van der Waals surface area contributed by atoms with Crippen molar-refractivity contribution in [3.05, 3.63) is 57.5 Å². The first-order chi connectivity index (χ1) is 11.1. The lowest BCUT2D eigenvalue weighted by Crippen LogP contribution is -2.39. The van der Waals surface area contributed by atoms with E-state index in [1.165, 1.54) is 19.2 Å². The molecule has 0 saturated carbocycles. The quantitative estimate of drug-likeness (QED) is 0.595. The van der Waals surface area contributed by atoms with Crippen LogP contribution in [-0.4, -0.2) is 19.8 Å². The molecule has 2 rings (SSSR count). The largest absolute Gasteiger partial charge is 0.502 e. The molecule has 0 amide bonds. The summed E-state index contributed by atoms with van der Waals surface area (Å²) in [5.74, 6) is -0.785. The highest BCUT2D eigenvalue weighted by Gasteiger charge is 2.26. The number of rotatable bonds is 5. The van der Waals surface area contributed by atoms with E-state index in [0.29, 0.717) is 0 Å². The van der Waals surface area contributed by atoms with Gasteiger partial charge in [-0.15, -0.1) is 0 Å². The third-order valence-corrected chi connectivity index (χ3v) is 3.54. The number of hydrogen-bond acceptors (Lipinski definition) is 6. The molecular weight excluding hydrogens is 315 g/mol. The SMILES string of the molecule is Cn1c(C(C)(C)N)nc(C(O)NCc2ccc(F)cc2)c(O)c1=O. The highest BCUT2D eigenvalue weighted by atomic mass is 19.1. The zero-order valence-electron chi connectivity index (χ0n) is 13.7. The van der Waals surface area contributed by atoms with Gasteiger partial charge in [-0.05, 0) is 31.5 Å². The Labute approximate surface area is 138 Å². The van der Waals surface area contributed by atoms with Gasteiger partial charge in [0.05, 0.1) is 5.54 Å². The third kappa shape index (κ3) is 3.78. The van der Waals surface area contributed by atoms with Gasteiger partial charge < -0.3 is 15.9 Å². The molecule has 5 N–H and O–H groups in total. The summed E-state index contributed by atoms with van der Waals surface area (Å²) >= 11 is 0. The van der Waals surface area contributed by atoms with Gasteiger partial charge in [0.15, 0.2) is 6.23 Å². The molecule has 0 aliphatic carbocycles. The minimum Gasteiger partial charge on any atom is -0.502 e. The molecular formula is C16H21FN4O3. The van der Waals surface area contributed by atoms with Crippen LogP contribution in [0.1, 0.15) is 37.2 Å². The van der Waals surface area contributed by atoms with Crippen molar-refractivity contribution in [2.75, 3.05) is 0 Å². The fraction of sp³-hybridized carbons (Fsp3) is 0.375. The first kappa shape index (κ1) is 18.1. The Hall–Kier alpha value is -2.29. The molecule has 0 spiro atoms. The first-order valence-corrected chi connectivity index (χ1v) is 7.36. The number of nitrogens with one attached hydrogen (secondary N) is 1. The first-order valence-electron chi connectivity index (χ1n) is 7.36. The predicted octanol–water partition coefficient (Wildman–Crippen LogP) is 0.599. The minimum absolute atomic E-state index is 0.194. The zero-order chi connectivity index (χ0) is 18.1. The average Bonchev–Trinajstić information content (AvgIpc) is 2.51. The second kappa shape index (κ2) is 6.68. The summed E-state index contributed by atoms with van der Waals surface area (Å²) in [6.07, 6.45) is -1.38. The maximum absolute atomic E-state index is 12.9. The van der Waals surface area contributed by atoms with E-state index in [1.54, 1.807) is 26.0 Å². The number of aliphatic hydroxyl groups excluding tert-OH is 1. The minimum atomic E-state index is -1.38. The van der Waals surface area contributed by atoms with E-state index in [9.17, 15) is 19.4 Å². The molecule has 0 radical (unpaired) electrons. The van der Waals surface area contributed by atoms with E-state index in [0.717, 1.165) is 10.1 Å². The maximum Gasteiger partial charge on any atom is 0.295 e. The van der Waals surface area contributed by atoms with Crippen LogP contribution in [0.5, 0.6) is 5.75 Å². The second-order valence-corrected chi connectivity index (χ2v) is 6.17.